The molecule has 0 N–H and O–H groups in total. The molecule has 0 radical (unpaired) electrons. The number of benzene rings is 2. The summed E-state index contributed by atoms with van der Waals surface area (Å²) in [5, 5.41) is 0. The quantitative estimate of drug-likeness (QED) is 0.380. The summed E-state index contributed by atoms with van der Waals surface area (Å²) in [4.78, 5) is 0. The van der Waals surface area contributed by atoms with Gasteiger partial charge in [-0.1, -0.05) is 0 Å². The van der Waals surface area contributed by atoms with Crippen LogP contribution in [0.4, 0.5) is 0 Å². The molecule has 2 aliphatic rings. The zero-order valence-electron chi connectivity index (χ0n) is 21.3. The predicted octanol–water partition coefficient (Wildman–Crippen LogP) is 8.77. The van der Waals surface area contributed by atoms with Crippen LogP contribution in [0.2, 0.25) is 0 Å². The average Bonchev–Trinajstić information content (AvgIpc) is 3.14. The molecule has 0 bridgehead atoms. The fraction of sp³-hybridized carbons (Fsp3) is 0.333. The van der Waals surface area contributed by atoms with Gasteiger partial charge in [-0.3, -0.25) is 0 Å². The Kier molecular flexibility index (Phi) is 6.74. The molecule has 0 aromatic heterocycles. The van der Waals surface area contributed by atoms with E-state index in [1.807, 2.05) is 0 Å². The molecule has 0 saturated carbocycles. The van der Waals surface area contributed by atoms with Gasteiger partial charge >= 0.3 is 206 Å². The van der Waals surface area contributed by atoms with E-state index in [1.165, 1.54) is 51.1 Å². The number of hydrogen-bond acceptors (Lipinski definition) is 2. The van der Waals surface area contributed by atoms with Gasteiger partial charge in [0.05, 0.1) is 0 Å². The van der Waals surface area contributed by atoms with Gasteiger partial charge in [0.15, 0.2) is 0 Å². The summed E-state index contributed by atoms with van der Waals surface area (Å²) >= 11 is -4.22. The molecule has 0 aliphatic heterocycles. The number of hydrogen-bond donors (Lipinski definition) is 0. The van der Waals surface area contributed by atoms with E-state index in [4.69, 9.17) is 5.63 Å². The number of aryl methyl sites for hydroxylation is 2. The zero-order chi connectivity index (χ0) is 23.9. The molecular weight excluding hydrogens is 484 g/mol. The van der Waals surface area contributed by atoms with Crippen LogP contribution in [0.5, 0.6) is 11.5 Å². The molecule has 172 valence electrons. The third-order valence-corrected chi connectivity index (χ3v) is 16.9. The van der Waals surface area contributed by atoms with E-state index >= 15 is 0 Å². The first-order chi connectivity index (χ1) is 15.6. The molecule has 0 atom stereocenters. The summed E-state index contributed by atoms with van der Waals surface area (Å²) in [5.41, 5.74) is 10.8. The van der Waals surface area contributed by atoms with E-state index < -0.39 is 21.1 Å². The second-order valence-corrected chi connectivity index (χ2v) is 16.4. The van der Waals surface area contributed by atoms with Crippen molar-refractivity contribution in [2.24, 2.45) is 0 Å². The van der Waals surface area contributed by atoms with E-state index in [9.17, 15) is 0 Å². The molecule has 0 spiro atoms. The van der Waals surface area contributed by atoms with Gasteiger partial charge in [0.1, 0.15) is 0 Å². The van der Waals surface area contributed by atoms with Gasteiger partial charge in [-0.15, -0.1) is 0 Å². The van der Waals surface area contributed by atoms with E-state index in [2.05, 4.69) is 104 Å². The third kappa shape index (κ3) is 4.50. The van der Waals surface area contributed by atoms with Crippen LogP contribution < -0.4 is 5.63 Å². The van der Waals surface area contributed by atoms with Crippen LogP contribution in [0.15, 0.2) is 88.5 Å². The summed E-state index contributed by atoms with van der Waals surface area (Å²) in [7, 11) is 0. The van der Waals surface area contributed by atoms with E-state index in [0.29, 0.717) is 0 Å². The summed E-state index contributed by atoms with van der Waals surface area (Å²) in [6.45, 7) is 17.8. The van der Waals surface area contributed by atoms with Crippen molar-refractivity contribution in [1.29, 1.82) is 0 Å². The third-order valence-electron chi connectivity index (χ3n) is 7.11. The first-order valence-electron chi connectivity index (χ1n) is 11.9. The van der Waals surface area contributed by atoms with Gasteiger partial charge < -0.3 is 0 Å². The summed E-state index contributed by atoms with van der Waals surface area (Å²) in [6.07, 6.45) is 2.00. The Morgan fingerprint density at radius 1 is 0.545 bits per heavy atom. The van der Waals surface area contributed by atoms with E-state index in [0.717, 1.165) is 24.3 Å². The summed E-state index contributed by atoms with van der Waals surface area (Å²) in [5.74, 6) is 1.82. The van der Waals surface area contributed by atoms with Crippen molar-refractivity contribution < 1.29 is 26.8 Å². The van der Waals surface area contributed by atoms with Crippen molar-refractivity contribution in [2.45, 2.75) is 68.2 Å². The van der Waals surface area contributed by atoms with Crippen LogP contribution in [-0.2, 0) is 21.1 Å². The molecule has 33 heavy (non-hydrogen) atoms. The molecule has 0 amide bonds. The SMILES string of the molecule is CC1=C(C)[C]([Zr]([O]c2cccc(C)c2)([O]c2cccc(C)c2)[C]2=C(C)CC(C)=C2C)=C(C)C1. The van der Waals surface area contributed by atoms with Crippen molar-refractivity contribution in [1.82, 2.24) is 0 Å². The topological polar surface area (TPSA) is 18.5 Å². The summed E-state index contributed by atoms with van der Waals surface area (Å²) in [6, 6.07) is 16.9. The van der Waals surface area contributed by atoms with Crippen molar-refractivity contribution >= 4 is 0 Å². The second-order valence-electron chi connectivity index (χ2n) is 9.93. The standard InChI is InChI=1S/2C8H11.2C7H8O.Zr/c2*1-6-4-7(2)8(3)5-6;2*1-6-3-2-4-7(8)5-6;/h2*4H2,1-3H3;2*2-5,8H,1H3;/q;;;;+2/p-2. The van der Waals surface area contributed by atoms with Gasteiger partial charge in [-0.2, -0.15) is 0 Å². The van der Waals surface area contributed by atoms with Gasteiger partial charge in [0.25, 0.3) is 0 Å². The minimum absolute atomic E-state index is 0.911. The Morgan fingerprint density at radius 2 is 0.939 bits per heavy atom. The molecule has 2 aromatic rings. The Labute approximate surface area is 205 Å². The van der Waals surface area contributed by atoms with Crippen LogP contribution in [-0.4, -0.2) is 0 Å². The number of allylic oxidation sites excluding steroid dienone is 8. The molecule has 0 heterocycles. The second kappa shape index (κ2) is 9.26. The van der Waals surface area contributed by atoms with E-state index in [-0.39, 0.29) is 0 Å². The van der Waals surface area contributed by atoms with Crippen molar-refractivity contribution in [3.05, 3.63) is 99.7 Å². The van der Waals surface area contributed by atoms with Crippen LogP contribution >= 0.6 is 0 Å². The van der Waals surface area contributed by atoms with Crippen molar-refractivity contribution in [3.8, 4) is 11.5 Å². The van der Waals surface area contributed by atoms with Crippen molar-refractivity contribution in [3.63, 3.8) is 0 Å². The van der Waals surface area contributed by atoms with Crippen molar-refractivity contribution in [2.75, 3.05) is 0 Å². The molecule has 3 heteroatoms. The maximum absolute atomic E-state index is 7.28. The van der Waals surface area contributed by atoms with Crippen LogP contribution in [0.25, 0.3) is 0 Å². The van der Waals surface area contributed by atoms with Gasteiger partial charge in [0.2, 0.25) is 0 Å². The monoisotopic (exact) mass is 518 g/mol. The Bertz CT molecular complexity index is 1140. The number of rotatable bonds is 6. The molecule has 0 fully saturated rings. The van der Waals surface area contributed by atoms with E-state index in [1.54, 1.807) is 0 Å². The molecular formula is C30H36O2Zr. The van der Waals surface area contributed by atoms with Crippen LogP contribution in [0.3, 0.4) is 0 Å². The zero-order valence-corrected chi connectivity index (χ0v) is 23.8. The average molecular weight is 520 g/mol. The normalized spacial score (nSPS) is 17.0. The first kappa shape index (κ1) is 24.0. The Balaban J connectivity index is 2.03. The summed E-state index contributed by atoms with van der Waals surface area (Å²) < 4.78 is 17.3. The molecule has 2 aliphatic carbocycles. The van der Waals surface area contributed by atoms with Crippen LogP contribution in [0.1, 0.15) is 65.5 Å². The van der Waals surface area contributed by atoms with Gasteiger partial charge in [0, 0.05) is 0 Å². The fourth-order valence-corrected chi connectivity index (χ4v) is 16.0. The molecule has 0 saturated heterocycles. The first-order valence-corrected chi connectivity index (χ1v) is 16.3. The van der Waals surface area contributed by atoms with Gasteiger partial charge in [-0.25, -0.2) is 0 Å². The predicted molar refractivity (Wildman–Crippen MR) is 135 cm³/mol. The molecule has 2 nitrogen and oxygen atoms in total. The Morgan fingerprint density at radius 3 is 1.24 bits per heavy atom. The maximum atomic E-state index is 7.28. The molecule has 4 rings (SSSR count). The van der Waals surface area contributed by atoms with Gasteiger partial charge in [-0.05, 0) is 0 Å². The minimum atomic E-state index is -4.22. The molecule has 0 unspecified atom stereocenters. The Hall–Kier alpha value is -2.12. The molecule has 2 aromatic carbocycles. The van der Waals surface area contributed by atoms with Crippen LogP contribution in [0, 0.1) is 13.8 Å². The fourth-order valence-electron chi connectivity index (χ4n) is 5.40.